The van der Waals surface area contributed by atoms with Crippen molar-refractivity contribution >= 4 is 17.3 Å². The van der Waals surface area contributed by atoms with Gasteiger partial charge in [-0.3, -0.25) is 0 Å². The lowest BCUT2D eigenvalue weighted by Crippen LogP contribution is -2.20. The summed E-state index contributed by atoms with van der Waals surface area (Å²) >= 11 is 1.89. The van der Waals surface area contributed by atoms with Crippen LogP contribution in [0, 0.1) is 13.8 Å². The highest BCUT2D eigenvalue weighted by Crippen LogP contribution is 2.37. The molecule has 0 bridgehead atoms. The largest absolute Gasteiger partial charge is 0.353 e. The molecule has 1 aliphatic rings. The number of aryl methyl sites for hydroxylation is 2. The smallest absolute Gasteiger partial charge is 0.203 e. The molecule has 1 atom stereocenters. The highest BCUT2D eigenvalue weighted by atomic mass is 32.1. The van der Waals surface area contributed by atoms with Gasteiger partial charge >= 0.3 is 0 Å². The zero-order chi connectivity index (χ0) is 13.4. The van der Waals surface area contributed by atoms with Gasteiger partial charge in [-0.05, 0) is 45.7 Å². The summed E-state index contributed by atoms with van der Waals surface area (Å²) in [6.07, 6.45) is 5.82. The average Bonchev–Trinajstić information content (AvgIpc) is 3.01. The van der Waals surface area contributed by atoms with Crippen molar-refractivity contribution in [3.05, 3.63) is 33.8 Å². The molecule has 19 heavy (non-hydrogen) atoms. The number of imidazole rings is 1. The lowest BCUT2D eigenvalue weighted by molar-refractivity contribution is 0.713. The van der Waals surface area contributed by atoms with E-state index >= 15 is 0 Å². The normalized spacial score (nSPS) is 16.6. The predicted molar refractivity (Wildman–Crippen MR) is 81.1 cm³/mol. The van der Waals surface area contributed by atoms with Crippen molar-refractivity contribution in [2.45, 2.75) is 52.1 Å². The third-order valence-corrected chi connectivity index (χ3v) is 4.49. The fraction of sp³-hybridized carbons (Fsp3) is 0.533. The number of rotatable bonds is 5. The molecule has 1 fully saturated rings. The van der Waals surface area contributed by atoms with Crippen molar-refractivity contribution < 1.29 is 0 Å². The lowest BCUT2D eigenvalue weighted by Gasteiger charge is -2.15. The van der Waals surface area contributed by atoms with Crippen molar-refractivity contribution in [1.29, 1.82) is 0 Å². The molecule has 4 heteroatoms. The van der Waals surface area contributed by atoms with Gasteiger partial charge in [-0.1, -0.05) is 0 Å². The second-order valence-corrected chi connectivity index (χ2v) is 6.98. The van der Waals surface area contributed by atoms with Gasteiger partial charge in [0.2, 0.25) is 5.95 Å². The zero-order valence-electron chi connectivity index (χ0n) is 11.8. The van der Waals surface area contributed by atoms with E-state index in [1.807, 2.05) is 11.3 Å². The Morgan fingerprint density at radius 1 is 1.42 bits per heavy atom. The van der Waals surface area contributed by atoms with Crippen LogP contribution in [0.1, 0.15) is 41.3 Å². The molecule has 0 aliphatic heterocycles. The van der Waals surface area contributed by atoms with Crippen LogP contribution >= 0.6 is 11.3 Å². The third-order valence-electron chi connectivity index (χ3n) is 3.47. The maximum absolute atomic E-state index is 4.61. The third kappa shape index (κ3) is 3.00. The van der Waals surface area contributed by atoms with E-state index < -0.39 is 0 Å². The second-order valence-electron chi connectivity index (χ2n) is 5.61. The highest BCUT2D eigenvalue weighted by Gasteiger charge is 2.26. The SMILES string of the molecule is Cc1cn(C2CC2)c(NC(C)Cc2ccc(C)s2)n1. The van der Waals surface area contributed by atoms with E-state index in [0.29, 0.717) is 12.1 Å². The van der Waals surface area contributed by atoms with Gasteiger partial charge in [0.05, 0.1) is 5.69 Å². The minimum absolute atomic E-state index is 0.414. The predicted octanol–water partition coefficient (Wildman–Crippen LogP) is 3.94. The van der Waals surface area contributed by atoms with E-state index in [9.17, 15) is 0 Å². The van der Waals surface area contributed by atoms with Crippen molar-refractivity contribution in [2.75, 3.05) is 5.32 Å². The summed E-state index contributed by atoms with van der Waals surface area (Å²) in [4.78, 5) is 7.44. The Labute approximate surface area is 118 Å². The van der Waals surface area contributed by atoms with Crippen molar-refractivity contribution in [2.24, 2.45) is 0 Å². The molecule has 1 N–H and O–H groups in total. The first-order valence-corrected chi connectivity index (χ1v) is 7.81. The van der Waals surface area contributed by atoms with E-state index in [1.165, 1.54) is 22.6 Å². The Morgan fingerprint density at radius 3 is 2.84 bits per heavy atom. The monoisotopic (exact) mass is 275 g/mol. The number of hydrogen-bond acceptors (Lipinski definition) is 3. The second kappa shape index (κ2) is 5.00. The van der Waals surface area contributed by atoms with Gasteiger partial charge < -0.3 is 9.88 Å². The molecule has 2 aromatic heterocycles. The number of nitrogens with one attached hydrogen (secondary N) is 1. The summed E-state index contributed by atoms with van der Waals surface area (Å²) in [6.45, 7) is 6.46. The fourth-order valence-electron chi connectivity index (χ4n) is 2.42. The van der Waals surface area contributed by atoms with Gasteiger partial charge in [-0.15, -0.1) is 11.3 Å². The summed E-state index contributed by atoms with van der Waals surface area (Å²) in [6, 6.07) is 5.52. The van der Waals surface area contributed by atoms with Crippen LogP contribution < -0.4 is 5.32 Å². The fourth-order valence-corrected chi connectivity index (χ4v) is 3.44. The molecule has 2 aromatic rings. The van der Waals surface area contributed by atoms with E-state index in [-0.39, 0.29) is 0 Å². The summed E-state index contributed by atoms with van der Waals surface area (Å²) < 4.78 is 2.31. The maximum atomic E-state index is 4.61. The van der Waals surface area contributed by atoms with Gasteiger partial charge in [-0.2, -0.15) is 0 Å². The molecule has 102 valence electrons. The Balaban J connectivity index is 1.67. The first-order chi connectivity index (χ1) is 9.11. The van der Waals surface area contributed by atoms with Gasteiger partial charge in [0.15, 0.2) is 0 Å². The Morgan fingerprint density at radius 2 is 2.21 bits per heavy atom. The number of hydrogen-bond donors (Lipinski definition) is 1. The molecular formula is C15H21N3S. The van der Waals surface area contributed by atoms with E-state index in [2.05, 4.69) is 54.0 Å². The first kappa shape index (κ1) is 12.7. The molecule has 3 rings (SSSR count). The minimum Gasteiger partial charge on any atom is -0.353 e. The molecule has 0 radical (unpaired) electrons. The number of aromatic nitrogens is 2. The molecule has 0 spiro atoms. The summed E-state index contributed by atoms with van der Waals surface area (Å²) in [7, 11) is 0. The lowest BCUT2D eigenvalue weighted by atomic mass is 10.2. The first-order valence-electron chi connectivity index (χ1n) is 6.99. The Hall–Kier alpha value is -1.29. The molecule has 0 saturated heterocycles. The van der Waals surface area contributed by atoms with E-state index in [1.54, 1.807) is 0 Å². The molecule has 2 heterocycles. The molecule has 0 amide bonds. The van der Waals surface area contributed by atoms with E-state index in [0.717, 1.165) is 18.1 Å². The van der Waals surface area contributed by atoms with Crippen LogP contribution in [0.25, 0.3) is 0 Å². The quantitative estimate of drug-likeness (QED) is 0.895. The molecule has 1 unspecified atom stereocenters. The number of thiophene rings is 1. The minimum atomic E-state index is 0.414. The number of nitrogens with zero attached hydrogens (tertiary/aromatic N) is 2. The van der Waals surface area contributed by atoms with Crippen molar-refractivity contribution in [3.63, 3.8) is 0 Å². The maximum Gasteiger partial charge on any atom is 0.203 e. The average molecular weight is 275 g/mol. The van der Waals surface area contributed by atoms with Crippen LogP contribution in [0.15, 0.2) is 18.3 Å². The Bertz CT molecular complexity index is 566. The number of anilines is 1. The Kier molecular flexibility index (Phi) is 3.35. The molecule has 1 saturated carbocycles. The van der Waals surface area contributed by atoms with Crippen LogP contribution in [-0.2, 0) is 6.42 Å². The summed E-state index contributed by atoms with van der Waals surface area (Å²) in [5.41, 5.74) is 1.11. The zero-order valence-corrected chi connectivity index (χ0v) is 12.6. The molecule has 1 aliphatic carbocycles. The standard InChI is InChI=1S/C15H21N3S/c1-10(8-14-7-4-12(3)19-14)16-15-17-11(2)9-18(15)13-5-6-13/h4,7,9-10,13H,5-6,8H2,1-3H3,(H,16,17). The highest BCUT2D eigenvalue weighted by molar-refractivity contribution is 7.11. The topological polar surface area (TPSA) is 29.9 Å². The molecule has 0 aromatic carbocycles. The van der Waals surface area contributed by atoms with Crippen LogP contribution in [0.3, 0.4) is 0 Å². The van der Waals surface area contributed by atoms with Crippen molar-refractivity contribution in [3.8, 4) is 0 Å². The van der Waals surface area contributed by atoms with Gasteiger partial charge in [0, 0.05) is 34.5 Å². The van der Waals surface area contributed by atoms with Gasteiger partial charge in [-0.25, -0.2) is 4.98 Å². The van der Waals surface area contributed by atoms with Crippen molar-refractivity contribution in [1.82, 2.24) is 9.55 Å². The molecule has 3 nitrogen and oxygen atoms in total. The van der Waals surface area contributed by atoms with Crippen LogP contribution in [0.5, 0.6) is 0 Å². The van der Waals surface area contributed by atoms with Gasteiger partial charge in [0.1, 0.15) is 0 Å². The summed E-state index contributed by atoms with van der Waals surface area (Å²) in [5, 5.41) is 3.57. The summed E-state index contributed by atoms with van der Waals surface area (Å²) in [5.74, 6) is 1.04. The van der Waals surface area contributed by atoms with E-state index in [4.69, 9.17) is 0 Å². The van der Waals surface area contributed by atoms with Gasteiger partial charge in [0.25, 0.3) is 0 Å². The van der Waals surface area contributed by atoms with Crippen LogP contribution in [0.2, 0.25) is 0 Å². The molecular weight excluding hydrogens is 254 g/mol. The van der Waals surface area contributed by atoms with Crippen LogP contribution in [-0.4, -0.2) is 15.6 Å². The van der Waals surface area contributed by atoms with Crippen LogP contribution in [0.4, 0.5) is 5.95 Å².